The fourth-order valence-electron chi connectivity index (χ4n) is 1.46. The van der Waals surface area contributed by atoms with Crippen LogP contribution in [0.4, 0.5) is 5.13 Å². The van der Waals surface area contributed by atoms with Crippen LogP contribution in [-0.4, -0.2) is 24.3 Å². The Kier molecular flexibility index (Phi) is 4.80. The first-order valence-electron chi connectivity index (χ1n) is 5.74. The summed E-state index contributed by atoms with van der Waals surface area (Å²) in [6, 6.07) is 4.43. The number of aromatic nitrogens is 2. The van der Waals surface area contributed by atoms with Gasteiger partial charge in [-0.2, -0.15) is 4.37 Å². The van der Waals surface area contributed by atoms with Gasteiger partial charge in [0.05, 0.1) is 11.6 Å². The van der Waals surface area contributed by atoms with Gasteiger partial charge in [0.15, 0.2) is 0 Å². The molecule has 1 aromatic heterocycles. The SMILES string of the molecule is Cc1nsc(NS(=O)(=O)c2ccc(C#CCN)cc2Cl)n1. The van der Waals surface area contributed by atoms with Crippen molar-refractivity contribution >= 4 is 38.3 Å². The summed E-state index contributed by atoms with van der Waals surface area (Å²) in [4.78, 5) is 3.90. The van der Waals surface area contributed by atoms with Gasteiger partial charge in [-0.1, -0.05) is 23.4 Å². The van der Waals surface area contributed by atoms with Crippen molar-refractivity contribution in [3.63, 3.8) is 0 Å². The molecule has 0 amide bonds. The van der Waals surface area contributed by atoms with Crippen molar-refractivity contribution in [3.8, 4) is 11.8 Å². The average molecular weight is 343 g/mol. The first kappa shape index (κ1) is 15.7. The molecule has 0 saturated heterocycles. The number of halogens is 1. The first-order chi connectivity index (χ1) is 9.92. The Morgan fingerprint density at radius 3 is 2.81 bits per heavy atom. The highest BCUT2D eigenvalue weighted by Gasteiger charge is 2.19. The third kappa shape index (κ3) is 3.92. The van der Waals surface area contributed by atoms with Crippen molar-refractivity contribution in [2.45, 2.75) is 11.8 Å². The zero-order chi connectivity index (χ0) is 15.5. The van der Waals surface area contributed by atoms with Crippen LogP contribution in [0.5, 0.6) is 0 Å². The predicted octanol–water partition coefficient (Wildman–Crippen LogP) is 1.61. The Balaban J connectivity index is 2.32. The van der Waals surface area contributed by atoms with Crippen LogP contribution in [0.1, 0.15) is 11.4 Å². The molecule has 0 fully saturated rings. The maximum Gasteiger partial charge on any atom is 0.265 e. The highest BCUT2D eigenvalue weighted by Crippen LogP contribution is 2.25. The molecule has 0 spiro atoms. The molecule has 0 aliphatic rings. The zero-order valence-corrected chi connectivity index (χ0v) is 13.3. The number of anilines is 1. The standard InChI is InChI=1S/C12H11ClN4O2S2/c1-8-15-12(20-16-8)17-21(18,19)11-5-4-9(3-2-6-14)7-10(11)13/h4-5,7H,6,14H2,1H3,(H,15,16,17). The Bertz CT molecular complexity index is 821. The second-order valence-electron chi connectivity index (χ2n) is 3.90. The van der Waals surface area contributed by atoms with Crippen molar-refractivity contribution in [3.05, 3.63) is 34.6 Å². The van der Waals surface area contributed by atoms with Crippen LogP contribution in [0, 0.1) is 18.8 Å². The van der Waals surface area contributed by atoms with Gasteiger partial charge in [-0.15, -0.1) is 0 Å². The maximum absolute atomic E-state index is 12.2. The minimum atomic E-state index is -3.81. The molecule has 2 aromatic rings. The molecule has 0 aliphatic heterocycles. The molecular weight excluding hydrogens is 332 g/mol. The molecule has 0 saturated carbocycles. The van der Waals surface area contributed by atoms with E-state index >= 15 is 0 Å². The van der Waals surface area contributed by atoms with Crippen molar-refractivity contribution in [2.75, 3.05) is 11.3 Å². The molecule has 9 heteroatoms. The van der Waals surface area contributed by atoms with Crippen LogP contribution in [0.25, 0.3) is 0 Å². The van der Waals surface area contributed by atoms with Crippen LogP contribution in [0.3, 0.4) is 0 Å². The van der Waals surface area contributed by atoms with E-state index in [-0.39, 0.29) is 21.6 Å². The minimum absolute atomic E-state index is 0.0460. The number of nitrogens with two attached hydrogens (primary N) is 1. The molecule has 0 unspecified atom stereocenters. The van der Waals surface area contributed by atoms with E-state index in [1.165, 1.54) is 12.1 Å². The maximum atomic E-state index is 12.2. The van der Waals surface area contributed by atoms with E-state index in [0.29, 0.717) is 11.4 Å². The van der Waals surface area contributed by atoms with E-state index in [0.717, 1.165) is 11.5 Å². The van der Waals surface area contributed by atoms with Crippen molar-refractivity contribution in [1.82, 2.24) is 9.36 Å². The number of hydrogen-bond donors (Lipinski definition) is 2. The van der Waals surface area contributed by atoms with Gasteiger partial charge >= 0.3 is 0 Å². The summed E-state index contributed by atoms with van der Waals surface area (Å²) in [5.41, 5.74) is 5.87. The van der Waals surface area contributed by atoms with Gasteiger partial charge in [0, 0.05) is 17.1 Å². The largest absolute Gasteiger partial charge is 0.320 e. The minimum Gasteiger partial charge on any atom is -0.320 e. The van der Waals surface area contributed by atoms with E-state index in [4.69, 9.17) is 17.3 Å². The van der Waals surface area contributed by atoms with Gasteiger partial charge in [0.2, 0.25) is 5.13 Å². The highest BCUT2D eigenvalue weighted by atomic mass is 35.5. The number of benzene rings is 1. The summed E-state index contributed by atoms with van der Waals surface area (Å²) in [6.07, 6.45) is 0. The number of aryl methyl sites for hydroxylation is 1. The predicted molar refractivity (Wildman–Crippen MR) is 82.8 cm³/mol. The monoisotopic (exact) mass is 342 g/mol. The number of nitrogens with zero attached hydrogens (tertiary/aromatic N) is 2. The molecule has 2 rings (SSSR count). The normalized spacial score (nSPS) is 10.8. The lowest BCUT2D eigenvalue weighted by Crippen LogP contribution is -2.13. The molecular formula is C12H11ClN4O2S2. The van der Waals surface area contributed by atoms with Crippen LogP contribution in [0.15, 0.2) is 23.1 Å². The Morgan fingerprint density at radius 1 is 1.48 bits per heavy atom. The molecule has 0 bridgehead atoms. The first-order valence-corrected chi connectivity index (χ1v) is 8.37. The fourth-order valence-corrected chi connectivity index (χ4v) is 3.80. The van der Waals surface area contributed by atoms with Gasteiger partial charge in [-0.3, -0.25) is 4.72 Å². The molecule has 1 aromatic carbocycles. The molecule has 21 heavy (non-hydrogen) atoms. The van der Waals surface area contributed by atoms with E-state index in [9.17, 15) is 8.42 Å². The third-order valence-electron chi connectivity index (χ3n) is 2.31. The summed E-state index contributed by atoms with van der Waals surface area (Å²) < 4.78 is 30.7. The Morgan fingerprint density at radius 2 is 2.24 bits per heavy atom. The summed E-state index contributed by atoms with van der Waals surface area (Å²) in [6.45, 7) is 1.89. The Labute approximate surface area is 131 Å². The van der Waals surface area contributed by atoms with Crippen molar-refractivity contribution in [2.24, 2.45) is 5.73 Å². The topological polar surface area (TPSA) is 98.0 Å². The summed E-state index contributed by atoms with van der Waals surface area (Å²) >= 11 is 6.97. The van der Waals surface area contributed by atoms with Gasteiger partial charge in [0.1, 0.15) is 10.7 Å². The summed E-state index contributed by atoms with van der Waals surface area (Å²) in [5.74, 6) is 5.95. The van der Waals surface area contributed by atoms with Crippen LogP contribution >= 0.6 is 23.1 Å². The van der Waals surface area contributed by atoms with E-state index in [2.05, 4.69) is 25.9 Å². The second-order valence-corrected chi connectivity index (χ2v) is 6.71. The highest BCUT2D eigenvalue weighted by molar-refractivity contribution is 7.93. The fraction of sp³-hybridized carbons (Fsp3) is 0.167. The van der Waals surface area contributed by atoms with Crippen LogP contribution in [0.2, 0.25) is 5.02 Å². The van der Waals surface area contributed by atoms with Crippen LogP contribution < -0.4 is 10.5 Å². The summed E-state index contributed by atoms with van der Waals surface area (Å²) in [7, 11) is -3.81. The number of nitrogens with one attached hydrogen (secondary N) is 1. The molecule has 6 nitrogen and oxygen atoms in total. The van der Waals surface area contributed by atoms with Crippen molar-refractivity contribution < 1.29 is 8.42 Å². The zero-order valence-electron chi connectivity index (χ0n) is 10.9. The summed E-state index contributed by atoms with van der Waals surface area (Å²) in [5, 5.41) is 0.267. The number of rotatable bonds is 3. The van der Waals surface area contributed by atoms with E-state index < -0.39 is 10.0 Å². The van der Waals surface area contributed by atoms with Crippen molar-refractivity contribution in [1.29, 1.82) is 0 Å². The molecule has 110 valence electrons. The van der Waals surface area contributed by atoms with Gasteiger partial charge in [-0.05, 0) is 25.1 Å². The smallest absolute Gasteiger partial charge is 0.265 e. The number of sulfonamides is 1. The molecule has 1 heterocycles. The quantitative estimate of drug-likeness (QED) is 0.826. The Hall–Kier alpha value is -1.66. The van der Waals surface area contributed by atoms with Gasteiger partial charge in [0.25, 0.3) is 10.0 Å². The molecule has 0 atom stereocenters. The van der Waals surface area contributed by atoms with Gasteiger partial charge < -0.3 is 5.73 Å². The van der Waals surface area contributed by atoms with Crippen LogP contribution in [-0.2, 0) is 10.0 Å². The second kappa shape index (κ2) is 6.41. The molecule has 0 radical (unpaired) electrons. The third-order valence-corrected chi connectivity index (χ3v) is 4.98. The van der Waals surface area contributed by atoms with Gasteiger partial charge in [-0.25, -0.2) is 13.4 Å². The average Bonchev–Trinajstić information content (AvgIpc) is 2.80. The van der Waals surface area contributed by atoms with E-state index in [1.807, 2.05) is 0 Å². The molecule has 3 N–H and O–H groups in total. The van der Waals surface area contributed by atoms with E-state index in [1.54, 1.807) is 13.0 Å². The lowest BCUT2D eigenvalue weighted by atomic mass is 10.2. The number of hydrogen-bond acceptors (Lipinski definition) is 6. The lowest BCUT2D eigenvalue weighted by Gasteiger charge is -2.07. The lowest BCUT2D eigenvalue weighted by molar-refractivity contribution is 0.601. The molecule has 0 aliphatic carbocycles.